The Bertz CT molecular complexity index is 813. The smallest absolute Gasteiger partial charge is 0.271 e. The summed E-state index contributed by atoms with van der Waals surface area (Å²) < 4.78 is 0. The van der Waals surface area contributed by atoms with Crippen LogP contribution in [0.15, 0.2) is 53.6 Å². The number of anilines is 2. The van der Waals surface area contributed by atoms with Crippen LogP contribution in [0.5, 0.6) is 0 Å². The van der Waals surface area contributed by atoms with E-state index in [0.717, 1.165) is 16.8 Å². The molecule has 5 heteroatoms. The monoisotopic (exact) mass is 321 g/mol. The first kappa shape index (κ1) is 15.9. The third-order valence-electron chi connectivity index (χ3n) is 4.15. The first-order chi connectivity index (χ1) is 11.6. The molecule has 0 aromatic heterocycles. The van der Waals surface area contributed by atoms with E-state index in [0.29, 0.717) is 17.8 Å². The summed E-state index contributed by atoms with van der Waals surface area (Å²) in [7, 11) is 0. The molecule has 1 heterocycles. The first-order valence-electron chi connectivity index (χ1n) is 7.89. The lowest BCUT2D eigenvalue weighted by Crippen LogP contribution is -2.36. The molecule has 1 aliphatic rings. The molecule has 0 saturated carbocycles. The molecule has 0 unspecified atom stereocenters. The Morgan fingerprint density at radius 3 is 2.54 bits per heavy atom. The number of aryl methyl sites for hydroxylation is 1. The van der Waals surface area contributed by atoms with Gasteiger partial charge >= 0.3 is 0 Å². The molecule has 2 aromatic rings. The van der Waals surface area contributed by atoms with Gasteiger partial charge in [-0.05, 0) is 43.2 Å². The summed E-state index contributed by atoms with van der Waals surface area (Å²) in [6.07, 6.45) is 0.618. The highest BCUT2D eigenvalue weighted by Gasteiger charge is 2.25. The van der Waals surface area contributed by atoms with Crippen molar-refractivity contribution in [3.05, 3.63) is 59.7 Å². The van der Waals surface area contributed by atoms with E-state index in [1.54, 1.807) is 12.1 Å². The van der Waals surface area contributed by atoms with Crippen molar-refractivity contribution < 1.29 is 9.59 Å². The van der Waals surface area contributed by atoms with E-state index in [9.17, 15) is 9.59 Å². The van der Waals surface area contributed by atoms with E-state index in [4.69, 9.17) is 0 Å². The van der Waals surface area contributed by atoms with Gasteiger partial charge in [-0.25, -0.2) is 5.01 Å². The van der Waals surface area contributed by atoms with Crippen molar-refractivity contribution in [2.75, 3.05) is 10.3 Å². The maximum atomic E-state index is 12.5. The van der Waals surface area contributed by atoms with E-state index in [2.05, 4.69) is 10.4 Å². The number of carbonyl (C=O) groups excluding carboxylic acids is 2. The lowest BCUT2D eigenvalue weighted by atomic mass is 10.1. The van der Waals surface area contributed by atoms with Crippen LogP contribution in [-0.4, -0.2) is 17.5 Å². The van der Waals surface area contributed by atoms with Gasteiger partial charge in [-0.3, -0.25) is 9.59 Å². The zero-order valence-electron chi connectivity index (χ0n) is 13.7. The van der Waals surface area contributed by atoms with Gasteiger partial charge in [-0.15, -0.1) is 0 Å². The zero-order valence-corrected chi connectivity index (χ0v) is 13.7. The Labute approximate surface area is 141 Å². The molecule has 1 aliphatic heterocycles. The number of para-hydroxylation sites is 1. The quantitative estimate of drug-likeness (QED) is 0.941. The normalized spacial score (nSPS) is 14.3. The van der Waals surface area contributed by atoms with Crippen molar-refractivity contribution in [1.29, 1.82) is 0 Å². The van der Waals surface area contributed by atoms with Crippen LogP contribution in [0.3, 0.4) is 0 Å². The largest absolute Gasteiger partial charge is 0.321 e. The molecule has 122 valence electrons. The number of carbonyl (C=O) groups is 2. The van der Waals surface area contributed by atoms with E-state index >= 15 is 0 Å². The number of amides is 2. The van der Waals surface area contributed by atoms with Gasteiger partial charge in [-0.2, -0.15) is 5.10 Å². The predicted molar refractivity (Wildman–Crippen MR) is 95.1 cm³/mol. The summed E-state index contributed by atoms with van der Waals surface area (Å²) in [6.45, 7) is 3.96. The lowest BCUT2D eigenvalue weighted by Gasteiger charge is -2.23. The standard InChI is InChI=1S/C19H19N3O2/c1-13-7-6-10-16(14(13)2)20-19(24)17-11-12-18(23)22(21-17)15-8-4-3-5-9-15/h3-10H,11-12H2,1-2H3,(H,20,24). The Balaban J connectivity index is 1.84. The average Bonchev–Trinajstić information content (AvgIpc) is 2.60. The molecule has 0 saturated heterocycles. The summed E-state index contributed by atoms with van der Waals surface area (Å²) in [6, 6.07) is 14.9. The highest BCUT2D eigenvalue weighted by atomic mass is 16.2. The van der Waals surface area contributed by atoms with Crippen LogP contribution in [0.25, 0.3) is 0 Å². The van der Waals surface area contributed by atoms with Crippen LogP contribution in [0.2, 0.25) is 0 Å². The van der Waals surface area contributed by atoms with Gasteiger partial charge in [0.2, 0.25) is 5.91 Å². The second-order valence-corrected chi connectivity index (χ2v) is 5.79. The average molecular weight is 321 g/mol. The molecule has 0 radical (unpaired) electrons. The molecule has 0 aliphatic carbocycles. The van der Waals surface area contributed by atoms with Crippen molar-refractivity contribution in [3.8, 4) is 0 Å². The summed E-state index contributed by atoms with van der Waals surface area (Å²) in [5.41, 5.74) is 3.93. The lowest BCUT2D eigenvalue weighted by molar-refractivity contribution is -0.118. The maximum absolute atomic E-state index is 12.5. The zero-order chi connectivity index (χ0) is 17.1. The van der Waals surface area contributed by atoms with Crippen molar-refractivity contribution in [1.82, 2.24) is 0 Å². The first-order valence-corrected chi connectivity index (χ1v) is 7.89. The minimum absolute atomic E-state index is 0.107. The van der Waals surface area contributed by atoms with Gasteiger partial charge in [-0.1, -0.05) is 30.3 Å². The molecule has 24 heavy (non-hydrogen) atoms. The molecule has 0 spiro atoms. The van der Waals surface area contributed by atoms with Crippen LogP contribution >= 0.6 is 0 Å². The molecule has 2 aromatic carbocycles. The number of hydrogen-bond donors (Lipinski definition) is 1. The van der Waals surface area contributed by atoms with E-state index < -0.39 is 0 Å². The molecular formula is C19H19N3O2. The van der Waals surface area contributed by atoms with Crippen molar-refractivity contribution in [3.63, 3.8) is 0 Å². The molecule has 2 amide bonds. The molecule has 0 atom stereocenters. The summed E-state index contributed by atoms with van der Waals surface area (Å²) >= 11 is 0. The van der Waals surface area contributed by atoms with Crippen LogP contribution in [0.4, 0.5) is 11.4 Å². The van der Waals surface area contributed by atoms with Crippen molar-refractivity contribution in [2.24, 2.45) is 5.10 Å². The predicted octanol–water partition coefficient (Wildman–Crippen LogP) is 3.42. The highest BCUT2D eigenvalue weighted by Crippen LogP contribution is 2.21. The van der Waals surface area contributed by atoms with Crippen LogP contribution in [-0.2, 0) is 9.59 Å². The summed E-state index contributed by atoms with van der Waals surface area (Å²) in [5.74, 6) is -0.374. The minimum atomic E-state index is -0.267. The number of nitrogens with zero attached hydrogens (tertiary/aromatic N) is 2. The molecule has 0 bridgehead atoms. The second kappa shape index (κ2) is 6.66. The Kier molecular flexibility index (Phi) is 4.42. The maximum Gasteiger partial charge on any atom is 0.271 e. The number of rotatable bonds is 3. The number of hydrazone groups is 1. The highest BCUT2D eigenvalue weighted by molar-refractivity contribution is 6.44. The summed E-state index contributed by atoms with van der Waals surface area (Å²) in [4.78, 5) is 24.6. The van der Waals surface area contributed by atoms with E-state index in [-0.39, 0.29) is 18.2 Å². The van der Waals surface area contributed by atoms with Gasteiger partial charge in [0.1, 0.15) is 5.71 Å². The Morgan fingerprint density at radius 1 is 1.04 bits per heavy atom. The Hall–Kier alpha value is -2.95. The van der Waals surface area contributed by atoms with Crippen LogP contribution in [0, 0.1) is 13.8 Å². The van der Waals surface area contributed by atoms with Crippen molar-refractivity contribution in [2.45, 2.75) is 26.7 Å². The number of benzene rings is 2. The minimum Gasteiger partial charge on any atom is -0.321 e. The third-order valence-corrected chi connectivity index (χ3v) is 4.15. The van der Waals surface area contributed by atoms with Gasteiger partial charge in [0.05, 0.1) is 5.69 Å². The molecular weight excluding hydrogens is 302 g/mol. The molecule has 5 nitrogen and oxygen atoms in total. The van der Waals surface area contributed by atoms with Crippen LogP contribution < -0.4 is 10.3 Å². The topological polar surface area (TPSA) is 61.8 Å². The van der Waals surface area contributed by atoms with Gasteiger partial charge in [0, 0.05) is 18.5 Å². The van der Waals surface area contributed by atoms with Crippen LogP contribution in [0.1, 0.15) is 24.0 Å². The fraction of sp³-hybridized carbons (Fsp3) is 0.211. The fourth-order valence-electron chi connectivity index (χ4n) is 2.57. The number of nitrogens with one attached hydrogen (secondary N) is 1. The van der Waals surface area contributed by atoms with E-state index in [1.165, 1.54) is 5.01 Å². The summed E-state index contributed by atoms with van der Waals surface area (Å²) in [5, 5.41) is 8.48. The second-order valence-electron chi connectivity index (χ2n) is 5.79. The van der Waals surface area contributed by atoms with E-state index in [1.807, 2.05) is 50.2 Å². The van der Waals surface area contributed by atoms with Gasteiger partial charge < -0.3 is 5.32 Å². The fourth-order valence-corrected chi connectivity index (χ4v) is 2.57. The van der Waals surface area contributed by atoms with Gasteiger partial charge in [0.15, 0.2) is 0 Å². The Morgan fingerprint density at radius 2 is 1.79 bits per heavy atom. The molecule has 0 fully saturated rings. The van der Waals surface area contributed by atoms with Gasteiger partial charge in [0.25, 0.3) is 5.91 Å². The molecule has 1 N–H and O–H groups in total. The molecule has 3 rings (SSSR count). The van der Waals surface area contributed by atoms with Crippen molar-refractivity contribution >= 4 is 28.9 Å². The SMILES string of the molecule is Cc1cccc(NC(=O)C2=NN(c3ccccc3)C(=O)CC2)c1C. The number of hydrogen-bond acceptors (Lipinski definition) is 3. The third kappa shape index (κ3) is 3.20.